The molecule has 1 aromatic carbocycles. The molecule has 4 heteroatoms. The summed E-state index contributed by atoms with van der Waals surface area (Å²) in [5.74, 6) is 0.229. The van der Waals surface area contributed by atoms with Crippen LogP contribution in [0.25, 0.3) is 11.0 Å². The van der Waals surface area contributed by atoms with Crippen LogP contribution in [0.2, 0.25) is 0 Å². The highest BCUT2D eigenvalue weighted by atomic mass is 16.5. The van der Waals surface area contributed by atoms with E-state index in [1.54, 1.807) is 6.20 Å². The number of fused-ring (bicyclic) bond motifs is 1. The number of hydrogen-bond donors (Lipinski definition) is 0. The fourth-order valence-corrected chi connectivity index (χ4v) is 1.65. The van der Waals surface area contributed by atoms with Crippen LogP contribution in [0, 0.1) is 0 Å². The average molecular weight is 230 g/mol. The van der Waals surface area contributed by atoms with Crippen LogP contribution in [-0.4, -0.2) is 23.0 Å². The molecule has 0 N–H and O–H groups in total. The van der Waals surface area contributed by atoms with Crippen molar-refractivity contribution in [3.05, 3.63) is 36.2 Å². The highest BCUT2D eigenvalue weighted by Gasteiger charge is 2.08. The van der Waals surface area contributed by atoms with Gasteiger partial charge in [-0.15, -0.1) is 0 Å². The molecule has 0 saturated carbocycles. The van der Waals surface area contributed by atoms with E-state index in [1.165, 1.54) is 0 Å². The Balaban J connectivity index is 2.15. The van der Waals surface area contributed by atoms with E-state index in [0.717, 1.165) is 23.1 Å². The molecular weight excluding hydrogens is 216 g/mol. The van der Waals surface area contributed by atoms with Crippen LogP contribution in [-0.2, 0) is 9.53 Å². The molecule has 0 saturated heterocycles. The Morgan fingerprint density at radius 3 is 2.88 bits per heavy atom. The molecule has 0 radical (unpaired) electrons. The molecule has 0 bridgehead atoms. The lowest BCUT2D eigenvalue weighted by atomic mass is 10.1. The van der Waals surface area contributed by atoms with Crippen molar-refractivity contribution in [3.63, 3.8) is 0 Å². The summed E-state index contributed by atoms with van der Waals surface area (Å²) < 4.78 is 4.68. The van der Waals surface area contributed by atoms with Crippen molar-refractivity contribution in [1.29, 1.82) is 0 Å². The zero-order chi connectivity index (χ0) is 12.1. The number of carbonyl (C=O) groups is 1. The lowest BCUT2D eigenvalue weighted by Gasteiger charge is -2.10. The maximum absolute atomic E-state index is 10.0. The molecule has 0 aliphatic rings. The number of ether oxygens (including phenoxy) is 1. The second kappa shape index (κ2) is 5.39. The summed E-state index contributed by atoms with van der Waals surface area (Å²) in [5, 5.41) is 0. The third kappa shape index (κ3) is 2.78. The smallest absolute Gasteiger partial charge is 0.293 e. The van der Waals surface area contributed by atoms with Crippen molar-refractivity contribution in [3.8, 4) is 0 Å². The Morgan fingerprint density at radius 2 is 2.12 bits per heavy atom. The minimum atomic E-state index is 0.229. The van der Waals surface area contributed by atoms with E-state index in [2.05, 4.69) is 14.7 Å². The predicted octanol–water partition coefficient (Wildman–Crippen LogP) is 2.30. The van der Waals surface area contributed by atoms with E-state index >= 15 is 0 Å². The van der Waals surface area contributed by atoms with Crippen molar-refractivity contribution >= 4 is 17.5 Å². The minimum absolute atomic E-state index is 0.229. The molecule has 2 rings (SSSR count). The SMILES string of the molecule is CC(CCOC=O)c1cnc2ccccc2n1. The highest BCUT2D eigenvalue weighted by Crippen LogP contribution is 2.18. The predicted molar refractivity (Wildman–Crippen MR) is 64.6 cm³/mol. The first-order chi connectivity index (χ1) is 8.31. The summed E-state index contributed by atoms with van der Waals surface area (Å²) in [6.45, 7) is 2.94. The van der Waals surface area contributed by atoms with Gasteiger partial charge in [-0.3, -0.25) is 9.78 Å². The highest BCUT2D eigenvalue weighted by molar-refractivity contribution is 5.73. The van der Waals surface area contributed by atoms with Gasteiger partial charge in [-0.1, -0.05) is 19.1 Å². The molecule has 88 valence electrons. The lowest BCUT2D eigenvalue weighted by molar-refractivity contribution is -0.128. The number of hydrogen-bond acceptors (Lipinski definition) is 4. The molecule has 1 unspecified atom stereocenters. The normalized spacial score (nSPS) is 12.3. The second-order valence-electron chi connectivity index (χ2n) is 3.94. The fourth-order valence-electron chi connectivity index (χ4n) is 1.65. The van der Waals surface area contributed by atoms with Gasteiger partial charge in [0.25, 0.3) is 6.47 Å². The molecule has 17 heavy (non-hydrogen) atoms. The van der Waals surface area contributed by atoms with Crippen LogP contribution in [0.5, 0.6) is 0 Å². The number of carbonyl (C=O) groups excluding carboxylic acids is 1. The maximum atomic E-state index is 10.0. The molecule has 0 aliphatic heterocycles. The Labute approximate surface area is 99.7 Å². The number of nitrogens with zero attached hydrogens (tertiary/aromatic N) is 2. The topological polar surface area (TPSA) is 52.1 Å². The molecule has 2 aromatic rings. The number of para-hydroxylation sites is 2. The van der Waals surface area contributed by atoms with Gasteiger partial charge < -0.3 is 4.74 Å². The summed E-state index contributed by atoms with van der Waals surface area (Å²) in [4.78, 5) is 19.0. The third-order valence-corrected chi connectivity index (χ3v) is 2.71. The molecule has 0 aliphatic carbocycles. The monoisotopic (exact) mass is 230 g/mol. The van der Waals surface area contributed by atoms with Crippen LogP contribution in [0.3, 0.4) is 0 Å². The van der Waals surface area contributed by atoms with E-state index in [-0.39, 0.29) is 5.92 Å². The zero-order valence-electron chi connectivity index (χ0n) is 9.67. The van der Waals surface area contributed by atoms with Crippen LogP contribution in [0.4, 0.5) is 0 Å². The zero-order valence-corrected chi connectivity index (χ0v) is 9.67. The Bertz CT molecular complexity index is 514. The summed E-state index contributed by atoms with van der Waals surface area (Å²) >= 11 is 0. The molecule has 1 heterocycles. The van der Waals surface area contributed by atoms with Crippen molar-refractivity contribution in [1.82, 2.24) is 9.97 Å². The van der Waals surface area contributed by atoms with Gasteiger partial charge in [0, 0.05) is 12.1 Å². The largest absolute Gasteiger partial charge is 0.468 e. The lowest BCUT2D eigenvalue weighted by Crippen LogP contribution is -2.03. The minimum Gasteiger partial charge on any atom is -0.468 e. The van der Waals surface area contributed by atoms with Gasteiger partial charge in [-0.05, 0) is 18.6 Å². The molecule has 4 nitrogen and oxygen atoms in total. The molecule has 0 fully saturated rings. The van der Waals surface area contributed by atoms with E-state index in [4.69, 9.17) is 0 Å². The van der Waals surface area contributed by atoms with Crippen LogP contribution >= 0.6 is 0 Å². The van der Waals surface area contributed by atoms with Crippen molar-refractivity contribution in [2.24, 2.45) is 0 Å². The number of benzene rings is 1. The van der Waals surface area contributed by atoms with E-state index in [1.807, 2.05) is 31.2 Å². The molecule has 1 aromatic heterocycles. The van der Waals surface area contributed by atoms with Crippen molar-refractivity contribution in [2.75, 3.05) is 6.61 Å². The van der Waals surface area contributed by atoms with Crippen molar-refractivity contribution < 1.29 is 9.53 Å². The fraction of sp³-hybridized carbons (Fsp3) is 0.308. The van der Waals surface area contributed by atoms with Gasteiger partial charge in [-0.2, -0.15) is 0 Å². The molecule has 1 atom stereocenters. The summed E-state index contributed by atoms with van der Waals surface area (Å²) in [5.41, 5.74) is 2.72. The summed E-state index contributed by atoms with van der Waals surface area (Å²) in [6, 6.07) is 7.77. The first-order valence-electron chi connectivity index (χ1n) is 5.58. The maximum Gasteiger partial charge on any atom is 0.293 e. The van der Waals surface area contributed by atoms with Gasteiger partial charge in [-0.25, -0.2) is 4.98 Å². The van der Waals surface area contributed by atoms with Gasteiger partial charge in [0.1, 0.15) is 0 Å². The van der Waals surface area contributed by atoms with Crippen LogP contribution in [0.15, 0.2) is 30.5 Å². The van der Waals surface area contributed by atoms with Gasteiger partial charge in [0.05, 0.1) is 23.3 Å². The van der Waals surface area contributed by atoms with E-state index < -0.39 is 0 Å². The first-order valence-corrected chi connectivity index (χ1v) is 5.58. The standard InChI is InChI=1S/C13H14N2O2/c1-10(6-7-17-9-16)13-8-14-11-4-2-3-5-12(11)15-13/h2-5,8-10H,6-7H2,1H3. The van der Waals surface area contributed by atoms with E-state index in [9.17, 15) is 4.79 Å². The first kappa shape index (κ1) is 11.5. The van der Waals surface area contributed by atoms with Crippen LogP contribution in [0.1, 0.15) is 25.0 Å². The Kier molecular flexibility index (Phi) is 3.65. The quantitative estimate of drug-likeness (QED) is 0.584. The number of rotatable bonds is 5. The van der Waals surface area contributed by atoms with Gasteiger partial charge in [0.2, 0.25) is 0 Å². The van der Waals surface area contributed by atoms with Crippen LogP contribution < -0.4 is 0 Å². The summed E-state index contributed by atoms with van der Waals surface area (Å²) in [7, 11) is 0. The second-order valence-corrected chi connectivity index (χ2v) is 3.94. The Morgan fingerprint density at radius 1 is 1.35 bits per heavy atom. The number of aromatic nitrogens is 2. The average Bonchev–Trinajstić information content (AvgIpc) is 2.38. The van der Waals surface area contributed by atoms with E-state index in [0.29, 0.717) is 13.1 Å². The van der Waals surface area contributed by atoms with Gasteiger partial charge >= 0.3 is 0 Å². The van der Waals surface area contributed by atoms with Crippen molar-refractivity contribution in [2.45, 2.75) is 19.3 Å². The summed E-state index contributed by atoms with van der Waals surface area (Å²) in [6.07, 6.45) is 2.54. The molecular formula is C13H14N2O2. The molecule has 0 spiro atoms. The molecule has 0 amide bonds. The van der Waals surface area contributed by atoms with Gasteiger partial charge in [0.15, 0.2) is 0 Å². The Hall–Kier alpha value is -1.97. The third-order valence-electron chi connectivity index (χ3n) is 2.71.